The van der Waals surface area contributed by atoms with E-state index < -0.39 is 5.54 Å². The molecule has 0 atom stereocenters. The summed E-state index contributed by atoms with van der Waals surface area (Å²) in [5.41, 5.74) is 5.97. The number of hydrogen-bond acceptors (Lipinski definition) is 4. The Bertz CT molecular complexity index is 575. The summed E-state index contributed by atoms with van der Waals surface area (Å²) in [4.78, 5) is 4.25. The van der Waals surface area contributed by atoms with Gasteiger partial charge in [0.15, 0.2) is 5.82 Å². The van der Waals surface area contributed by atoms with Gasteiger partial charge in [0.2, 0.25) is 0 Å². The molecule has 0 bridgehead atoms. The van der Waals surface area contributed by atoms with Crippen molar-refractivity contribution in [1.29, 1.82) is 0 Å². The van der Waals surface area contributed by atoms with Crippen molar-refractivity contribution in [3.63, 3.8) is 0 Å². The normalized spacial score (nSPS) is 17.5. The third kappa shape index (κ3) is 1.83. The van der Waals surface area contributed by atoms with Gasteiger partial charge in [-0.3, -0.25) is 0 Å². The molecule has 0 amide bonds. The van der Waals surface area contributed by atoms with Crippen LogP contribution >= 0.6 is 22.6 Å². The predicted octanol–water partition coefficient (Wildman–Crippen LogP) is 2.82. The summed E-state index contributed by atoms with van der Waals surface area (Å²) in [5, 5.41) is 3.89. The first-order valence-corrected chi connectivity index (χ1v) is 6.75. The molecule has 0 saturated heterocycles. The second kappa shape index (κ2) is 4.27. The molecular formula is C12H11FIN3O. The lowest BCUT2D eigenvalue weighted by Crippen LogP contribution is -2.44. The molecule has 1 aromatic heterocycles. The van der Waals surface area contributed by atoms with E-state index in [0.29, 0.717) is 11.4 Å². The number of rotatable bonds is 2. The minimum Gasteiger partial charge on any atom is -0.334 e. The maximum Gasteiger partial charge on any atom is 0.262 e. The molecule has 2 N–H and O–H groups in total. The highest BCUT2D eigenvalue weighted by Crippen LogP contribution is 2.38. The lowest BCUT2D eigenvalue weighted by molar-refractivity contribution is 0.229. The third-order valence-electron chi connectivity index (χ3n) is 3.29. The van der Waals surface area contributed by atoms with Crippen molar-refractivity contribution in [2.24, 2.45) is 5.73 Å². The second-order valence-corrected chi connectivity index (χ2v) is 5.69. The molecule has 94 valence electrons. The molecule has 18 heavy (non-hydrogen) atoms. The molecule has 2 aromatic rings. The number of aromatic nitrogens is 2. The van der Waals surface area contributed by atoms with Gasteiger partial charge < -0.3 is 10.3 Å². The van der Waals surface area contributed by atoms with Crippen LogP contribution in [0.25, 0.3) is 11.5 Å². The zero-order chi connectivity index (χ0) is 12.8. The number of benzene rings is 1. The first kappa shape index (κ1) is 12.0. The summed E-state index contributed by atoms with van der Waals surface area (Å²) in [6.45, 7) is 0. The van der Waals surface area contributed by atoms with E-state index in [9.17, 15) is 4.39 Å². The first-order chi connectivity index (χ1) is 8.60. The van der Waals surface area contributed by atoms with Gasteiger partial charge in [0.1, 0.15) is 5.82 Å². The molecule has 0 unspecified atom stereocenters. The Labute approximate surface area is 117 Å². The number of nitrogens with zero attached hydrogens (tertiary/aromatic N) is 2. The van der Waals surface area contributed by atoms with Crippen molar-refractivity contribution in [2.45, 2.75) is 24.8 Å². The fourth-order valence-corrected chi connectivity index (χ4v) is 2.71. The molecule has 1 aliphatic carbocycles. The SMILES string of the molecule is NC1(c2noc(-c3c(F)cccc3I)n2)CCC1. The van der Waals surface area contributed by atoms with Gasteiger partial charge in [0.05, 0.1) is 11.1 Å². The van der Waals surface area contributed by atoms with Crippen molar-refractivity contribution < 1.29 is 8.91 Å². The van der Waals surface area contributed by atoms with Gasteiger partial charge in [-0.15, -0.1) is 0 Å². The quantitative estimate of drug-likeness (QED) is 0.838. The van der Waals surface area contributed by atoms with Gasteiger partial charge in [0.25, 0.3) is 5.89 Å². The van der Waals surface area contributed by atoms with Gasteiger partial charge in [-0.2, -0.15) is 4.98 Å². The summed E-state index contributed by atoms with van der Waals surface area (Å²) >= 11 is 2.04. The monoisotopic (exact) mass is 359 g/mol. The highest BCUT2D eigenvalue weighted by atomic mass is 127. The van der Waals surface area contributed by atoms with E-state index in [4.69, 9.17) is 10.3 Å². The lowest BCUT2D eigenvalue weighted by atomic mass is 9.77. The minimum atomic E-state index is -0.488. The summed E-state index contributed by atoms with van der Waals surface area (Å²) in [6.07, 6.45) is 2.76. The Morgan fingerprint density at radius 3 is 2.78 bits per heavy atom. The zero-order valence-electron chi connectivity index (χ0n) is 9.49. The number of nitrogens with two attached hydrogens (primary N) is 1. The van der Waals surface area contributed by atoms with Gasteiger partial charge in [-0.1, -0.05) is 11.2 Å². The van der Waals surface area contributed by atoms with Crippen molar-refractivity contribution in [2.75, 3.05) is 0 Å². The molecule has 1 aromatic carbocycles. The molecule has 3 rings (SSSR count). The third-order valence-corrected chi connectivity index (χ3v) is 4.19. The van der Waals surface area contributed by atoms with Crippen LogP contribution in [0.2, 0.25) is 0 Å². The van der Waals surface area contributed by atoms with Crippen LogP contribution in [-0.4, -0.2) is 10.1 Å². The molecule has 0 spiro atoms. The van der Waals surface area contributed by atoms with Crippen molar-refractivity contribution >= 4 is 22.6 Å². The summed E-state index contributed by atoms with van der Waals surface area (Å²) < 4.78 is 19.7. The molecule has 1 aliphatic rings. The van der Waals surface area contributed by atoms with Crippen LogP contribution in [-0.2, 0) is 5.54 Å². The van der Waals surface area contributed by atoms with E-state index in [-0.39, 0.29) is 11.7 Å². The number of hydrogen-bond donors (Lipinski definition) is 1. The molecule has 1 saturated carbocycles. The molecule has 4 nitrogen and oxygen atoms in total. The van der Waals surface area contributed by atoms with E-state index in [1.807, 2.05) is 22.6 Å². The van der Waals surface area contributed by atoms with Crippen LogP contribution in [0.5, 0.6) is 0 Å². The zero-order valence-corrected chi connectivity index (χ0v) is 11.6. The van der Waals surface area contributed by atoms with Crippen LogP contribution < -0.4 is 5.73 Å². The summed E-state index contributed by atoms with van der Waals surface area (Å²) in [5.74, 6) is 0.309. The Kier molecular flexibility index (Phi) is 2.86. The van der Waals surface area contributed by atoms with Crippen molar-refractivity contribution in [3.8, 4) is 11.5 Å². The fraction of sp³-hybridized carbons (Fsp3) is 0.333. The van der Waals surface area contributed by atoms with Crippen molar-refractivity contribution in [1.82, 2.24) is 10.1 Å². The fourth-order valence-electron chi connectivity index (χ4n) is 2.01. The molecular weight excluding hydrogens is 348 g/mol. The average Bonchev–Trinajstić information content (AvgIpc) is 2.75. The van der Waals surface area contributed by atoms with Crippen LogP contribution in [0.15, 0.2) is 22.7 Å². The summed E-state index contributed by atoms with van der Waals surface area (Å²) in [6, 6.07) is 4.82. The predicted molar refractivity (Wildman–Crippen MR) is 72.1 cm³/mol. The van der Waals surface area contributed by atoms with Crippen LogP contribution in [0.4, 0.5) is 4.39 Å². The van der Waals surface area contributed by atoms with Crippen molar-refractivity contribution in [3.05, 3.63) is 33.4 Å². The largest absolute Gasteiger partial charge is 0.334 e. The second-order valence-electron chi connectivity index (χ2n) is 4.53. The molecule has 0 aliphatic heterocycles. The van der Waals surface area contributed by atoms with E-state index in [0.717, 1.165) is 22.8 Å². The Hall–Kier alpha value is -1.02. The number of halogens is 2. The summed E-state index contributed by atoms with van der Waals surface area (Å²) in [7, 11) is 0. The lowest BCUT2D eigenvalue weighted by Gasteiger charge is -2.34. The van der Waals surface area contributed by atoms with E-state index in [1.165, 1.54) is 6.07 Å². The van der Waals surface area contributed by atoms with Gasteiger partial charge in [0, 0.05) is 3.57 Å². The molecule has 6 heteroatoms. The smallest absolute Gasteiger partial charge is 0.262 e. The molecule has 1 heterocycles. The standard InChI is InChI=1S/C12H11FIN3O/c13-7-3-1-4-8(14)9(7)10-16-11(17-18-10)12(15)5-2-6-12/h1,3-4H,2,5-6,15H2. The van der Waals surface area contributed by atoms with Gasteiger partial charge in [-0.05, 0) is 54.0 Å². The highest BCUT2D eigenvalue weighted by molar-refractivity contribution is 14.1. The van der Waals surface area contributed by atoms with Crippen LogP contribution in [0.1, 0.15) is 25.1 Å². The average molecular weight is 359 g/mol. The minimum absolute atomic E-state index is 0.198. The van der Waals surface area contributed by atoms with Gasteiger partial charge in [-0.25, -0.2) is 4.39 Å². The topological polar surface area (TPSA) is 64.9 Å². The molecule has 1 fully saturated rings. The highest BCUT2D eigenvalue weighted by Gasteiger charge is 2.39. The maximum atomic E-state index is 13.8. The van der Waals surface area contributed by atoms with Crippen LogP contribution in [0.3, 0.4) is 0 Å². The Morgan fingerprint density at radius 1 is 1.39 bits per heavy atom. The Morgan fingerprint density at radius 2 is 2.17 bits per heavy atom. The maximum absolute atomic E-state index is 13.8. The van der Waals surface area contributed by atoms with E-state index in [1.54, 1.807) is 12.1 Å². The van der Waals surface area contributed by atoms with E-state index >= 15 is 0 Å². The molecule has 0 radical (unpaired) electrons. The van der Waals surface area contributed by atoms with Crippen LogP contribution in [0, 0.1) is 9.39 Å². The van der Waals surface area contributed by atoms with Gasteiger partial charge >= 0.3 is 0 Å². The van der Waals surface area contributed by atoms with E-state index in [2.05, 4.69) is 10.1 Å². The first-order valence-electron chi connectivity index (χ1n) is 5.68. The Balaban J connectivity index is 2.03.